The average Bonchev–Trinajstić information content (AvgIpc) is 2.73. The zero-order valence-corrected chi connectivity index (χ0v) is 18.8. The Kier molecular flexibility index (Phi) is 6.73. The summed E-state index contributed by atoms with van der Waals surface area (Å²) in [5, 5.41) is 9.30. The van der Waals surface area contributed by atoms with E-state index in [0.717, 1.165) is 12.5 Å². The van der Waals surface area contributed by atoms with Gasteiger partial charge in [-0.2, -0.15) is 13.2 Å². The maximum Gasteiger partial charge on any atom is 0.435 e. The fourth-order valence-electron chi connectivity index (χ4n) is 3.12. The molecule has 3 aromatic rings. The molecule has 1 aromatic heterocycles. The average molecular weight is 478 g/mol. The molecule has 2 N–H and O–H groups in total. The van der Waals surface area contributed by atoms with E-state index in [9.17, 15) is 22.2 Å². The number of alkyl halides is 3. The van der Waals surface area contributed by atoms with Gasteiger partial charge in [-0.25, -0.2) is 8.99 Å². The van der Waals surface area contributed by atoms with Crippen LogP contribution in [0.3, 0.4) is 0 Å². The zero-order valence-electron chi connectivity index (χ0n) is 18.0. The van der Waals surface area contributed by atoms with E-state index >= 15 is 0 Å². The highest BCUT2D eigenvalue weighted by Crippen LogP contribution is 2.35. The van der Waals surface area contributed by atoms with Crippen LogP contribution in [0.1, 0.15) is 34.1 Å². The van der Waals surface area contributed by atoms with E-state index in [-0.39, 0.29) is 16.5 Å². The molecule has 0 bridgehead atoms. The van der Waals surface area contributed by atoms with Gasteiger partial charge < -0.3 is 10.1 Å². The van der Waals surface area contributed by atoms with Crippen LogP contribution in [-0.4, -0.2) is 26.6 Å². The Morgan fingerprint density at radius 1 is 1.15 bits per heavy atom. The highest BCUT2D eigenvalue weighted by atomic mass is 32.2. The third-order valence-electron chi connectivity index (χ3n) is 4.78. The molecule has 174 valence electrons. The summed E-state index contributed by atoms with van der Waals surface area (Å²) in [6, 6.07) is 12.6. The van der Waals surface area contributed by atoms with E-state index in [0.29, 0.717) is 12.2 Å². The lowest BCUT2D eigenvalue weighted by Crippen LogP contribution is -2.21. The number of aromatic nitrogens is 2. The summed E-state index contributed by atoms with van der Waals surface area (Å²) >= 11 is 0. The molecule has 0 saturated carbocycles. The molecule has 0 aliphatic heterocycles. The number of halogens is 3. The first-order valence-corrected chi connectivity index (χ1v) is 11.7. The molecule has 1 atom stereocenters. The number of aryl methyl sites for hydroxylation is 1. The summed E-state index contributed by atoms with van der Waals surface area (Å²) in [4.78, 5) is 13.3. The predicted molar refractivity (Wildman–Crippen MR) is 117 cm³/mol. The number of carbonyl (C=O) groups excluding carboxylic acids is 1. The number of hydrogen-bond donors (Lipinski definition) is 2. The number of anilines is 1. The molecule has 11 heteroatoms. The van der Waals surface area contributed by atoms with Gasteiger partial charge in [0.15, 0.2) is 5.69 Å². The number of nitrogens with zero attached hydrogens (tertiary/aromatic N) is 2. The largest absolute Gasteiger partial charge is 0.437 e. The van der Waals surface area contributed by atoms with Gasteiger partial charge in [0.25, 0.3) is 11.8 Å². The van der Waals surface area contributed by atoms with Gasteiger partial charge in [0.2, 0.25) is 0 Å². The lowest BCUT2D eigenvalue weighted by atomic mass is 10.1. The van der Waals surface area contributed by atoms with Crippen LogP contribution in [-0.2, 0) is 22.3 Å². The van der Waals surface area contributed by atoms with Crippen LogP contribution in [0, 0.1) is 11.7 Å². The molecule has 0 aliphatic carbocycles. The van der Waals surface area contributed by atoms with Crippen molar-refractivity contribution in [2.24, 2.45) is 0 Å². The fourth-order valence-corrected chi connectivity index (χ4v) is 3.81. The third kappa shape index (κ3) is 5.48. The molecule has 1 heterocycles. The molecule has 1 unspecified atom stereocenters. The number of benzene rings is 2. The van der Waals surface area contributed by atoms with E-state index in [1.54, 1.807) is 24.3 Å². The van der Waals surface area contributed by atoms with Gasteiger partial charge in [-0.1, -0.05) is 31.2 Å². The highest BCUT2D eigenvalue weighted by molar-refractivity contribution is 7.91. The molecule has 2 aromatic carbocycles. The second-order valence-corrected chi connectivity index (χ2v) is 9.40. The predicted octanol–water partition coefficient (Wildman–Crippen LogP) is 5.45. The first kappa shape index (κ1) is 24.2. The molecule has 0 aliphatic rings. The first-order chi connectivity index (χ1) is 15.4. The minimum atomic E-state index is -4.83. The van der Waals surface area contributed by atoms with Gasteiger partial charge in [-0.3, -0.25) is 4.79 Å². The Bertz CT molecular complexity index is 1310. The molecule has 7 nitrogen and oxygen atoms in total. The van der Waals surface area contributed by atoms with Crippen molar-refractivity contribution in [3.05, 3.63) is 70.9 Å². The number of amides is 1. The monoisotopic (exact) mass is 478 g/mol. The van der Waals surface area contributed by atoms with Crippen LogP contribution in [0.15, 0.2) is 53.4 Å². The molecule has 0 saturated heterocycles. The number of ether oxygens (including phenoxy) is 1. The molecular weight excluding hydrogens is 457 g/mol. The molecule has 0 radical (unpaired) electrons. The first-order valence-electron chi connectivity index (χ1n) is 9.77. The van der Waals surface area contributed by atoms with Crippen molar-refractivity contribution in [3.63, 3.8) is 0 Å². The van der Waals surface area contributed by atoms with Crippen LogP contribution in [0.5, 0.6) is 11.6 Å². The standard InChI is InChI=1S/C22H21F3N4O3S/c1-4-14-8-5-6-11-17(14)32-21-18(13(2)19(28-29-21)22(23,24)25)20(30)27-15-9-7-10-16(12-15)33(3,26)31/h5-12,26H,4H2,1-3H3,(H,27,30). The van der Waals surface area contributed by atoms with E-state index in [2.05, 4.69) is 15.5 Å². The number of carbonyl (C=O) groups is 1. The van der Waals surface area contributed by atoms with Gasteiger partial charge >= 0.3 is 6.18 Å². The van der Waals surface area contributed by atoms with Crippen molar-refractivity contribution in [2.45, 2.75) is 31.3 Å². The SMILES string of the molecule is CCc1ccccc1Oc1nnc(C(F)(F)F)c(C)c1C(=O)Nc1cccc(S(C)(=N)=O)c1. The van der Waals surface area contributed by atoms with Gasteiger partial charge in [0, 0.05) is 16.8 Å². The number of hydrogen-bond acceptors (Lipinski definition) is 6. The van der Waals surface area contributed by atoms with Crippen LogP contribution in [0.4, 0.5) is 18.9 Å². The Balaban J connectivity index is 2.08. The molecule has 1 amide bonds. The summed E-state index contributed by atoms with van der Waals surface area (Å²) in [5.41, 5.74) is -1.26. The van der Waals surface area contributed by atoms with E-state index in [4.69, 9.17) is 9.52 Å². The van der Waals surface area contributed by atoms with Crippen molar-refractivity contribution >= 4 is 21.3 Å². The minimum absolute atomic E-state index is 0.156. The summed E-state index contributed by atoms with van der Waals surface area (Å²) in [6.45, 7) is 2.99. The van der Waals surface area contributed by atoms with E-state index in [1.807, 2.05) is 6.92 Å². The Hall–Kier alpha value is -3.47. The quantitative estimate of drug-likeness (QED) is 0.490. The van der Waals surface area contributed by atoms with Crippen LogP contribution in [0.2, 0.25) is 0 Å². The van der Waals surface area contributed by atoms with Crippen LogP contribution >= 0.6 is 0 Å². The maximum absolute atomic E-state index is 13.5. The molecule has 0 spiro atoms. The zero-order chi connectivity index (χ0) is 24.4. The van der Waals surface area contributed by atoms with Gasteiger partial charge in [0.1, 0.15) is 11.3 Å². The van der Waals surface area contributed by atoms with Crippen molar-refractivity contribution in [1.29, 1.82) is 4.78 Å². The van der Waals surface area contributed by atoms with Gasteiger partial charge in [-0.05, 0) is 48.7 Å². The fraction of sp³-hybridized carbons (Fsp3) is 0.227. The van der Waals surface area contributed by atoms with Crippen molar-refractivity contribution < 1.29 is 26.9 Å². The number of rotatable bonds is 6. The third-order valence-corrected chi connectivity index (χ3v) is 5.94. The van der Waals surface area contributed by atoms with Gasteiger partial charge in [0.05, 0.1) is 9.73 Å². The van der Waals surface area contributed by atoms with Gasteiger partial charge in [-0.15, -0.1) is 10.2 Å². The summed E-state index contributed by atoms with van der Waals surface area (Å²) in [5.74, 6) is -0.958. The Labute approximate surface area is 189 Å². The minimum Gasteiger partial charge on any atom is -0.437 e. The number of nitrogens with one attached hydrogen (secondary N) is 2. The normalized spacial score (nSPS) is 13.3. The lowest BCUT2D eigenvalue weighted by molar-refractivity contribution is -0.142. The van der Waals surface area contributed by atoms with E-state index in [1.165, 1.54) is 30.5 Å². The van der Waals surface area contributed by atoms with Crippen LogP contribution < -0.4 is 10.1 Å². The number of para-hydroxylation sites is 1. The molecule has 33 heavy (non-hydrogen) atoms. The van der Waals surface area contributed by atoms with Crippen LogP contribution in [0.25, 0.3) is 0 Å². The van der Waals surface area contributed by atoms with Crippen molar-refractivity contribution in [1.82, 2.24) is 10.2 Å². The summed E-state index contributed by atoms with van der Waals surface area (Å²) < 4.78 is 65.8. The highest BCUT2D eigenvalue weighted by Gasteiger charge is 2.38. The van der Waals surface area contributed by atoms with E-state index < -0.39 is 38.6 Å². The maximum atomic E-state index is 13.5. The Morgan fingerprint density at radius 3 is 2.48 bits per heavy atom. The summed E-state index contributed by atoms with van der Waals surface area (Å²) in [7, 11) is -3.06. The summed E-state index contributed by atoms with van der Waals surface area (Å²) in [6.07, 6.45) is -3.02. The Morgan fingerprint density at radius 2 is 1.85 bits per heavy atom. The van der Waals surface area contributed by atoms with Crippen molar-refractivity contribution in [3.8, 4) is 11.6 Å². The molecule has 0 fully saturated rings. The van der Waals surface area contributed by atoms with Crippen molar-refractivity contribution in [2.75, 3.05) is 11.6 Å². The molecule has 3 rings (SSSR count). The lowest BCUT2D eigenvalue weighted by Gasteiger charge is -2.17. The smallest absolute Gasteiger partial charge is 0.435 e. The second-order valence-electron chi connectivity index (χ2n) is 7.24. The topological polar surface area (TPSA) is 105 Å². The molecular formula is C22H21F3N4O3S. The second kappa shape index (κ2) is 9.18.